The molecule has 10 heteroatoms. The largest absolute Gasteiger partial charge is 0.495 e. The highest BCUT2D eigenvalue weighted by Crippen LogP contribution is 2.28. The van der Waals surface area contributed by atoms with E-state index in [2.05, 4.69) is 5.32 Å². The summed E-state index contributed by atoms with van der Waals surface area (Å²) in [5, 5.41) is 3.12. The second-order valence-electron chi connectivity index (χ2n) is 5.40. The maximum atomic E-state index is 13.6. The molecule has 0 fully saturated rings. The molecule has 0 aliphatic carbocycles. The Morgan fingerprint density at radius 2 is 1.89 bits per heavy atom. The third-order valence-corrected chi connectivity index (χ3v) is 6.30. The van der Waals surface area contributed by atoms with Gasteiger partial charge in [0.2, 0.25) is 15.9 Å². The van der Waals surface area contributed by atoms with E-state index in [1.807, 2.05) is 0 Å². The van der Waals surface area contributed by atoms with Crippen LogP contribution in [0.5, 0.6) is 5.75 Å². The number of nitrogens with one attached hydrogen (secondary N) is 1. The smallest absolute Gasteiger partial charge is 0.247 e. The summed E-state index contributed by atoms with van der Waals surface area (Å²) in [5.74, 6) is -1.33. The van der Waals surface area contributed by atoms with E-state index < -0.39 is 28.3 Å². The van der Waals surface area contributed by atoms with Gasteiger partial charge in [-0.2, -0.15) is 4.31 Å². The number of carbonyl (C=O) groups is 1. The molecule has 0 unspecified atom stereocenters. The summed E-state index contributed by atoms with van der Waals surface area (Å²) in [6, 6.07) is 7.64. The van der Waals surface area contributed by atoms with E-state index in [1.165, 1.54) is 31.4 Å². The highest BCUT2D eigenvalue weighted by Gasteiger charge is 2.29. The number of anilines is 1. The van der Waals surface area contributed by atoms with Crippen LogP contribution in [0, 0.1) is 5.82 Å². The minimum Gasteiger partial charge on any atom is -0.495 e. The monoisotopic (exact) mass is 434 g/mol. The van der Waals surface area contributed by atoms with Gasteiger partial charge >= 0.3 is 0 Å². The number of methoxy groups -OCH3 is 1. The summed E-state index contributed by atoms with van der Waals surface area (Å²) < 4.78 is 45.2. The maximum Gasteiger partial charge on any atom is 0.247 e. The number of nitrogens with zero attached hydrogens (tertiary/aromatic N) is 1. The van der Waals surface area contributed by atoms with E-state index in [9.17, 15) is 17.6 Å². The first-order valence-electron chi connectivity index (χ1n) is 7.77. The molecular weight excluding hydrogens is 418 g/mol. The molecule has 0 bridgehead atoms. The lowest BCUT2D eigenvalue weighted by atomic mass is 10.3. The average molecular weight is 435 g/mol. The SMILES string of the molecule is CCN(CC(=O)Nc1ccc(Cl)c(Cl)c1)S(=O)(=O)c1cc(F)ccc1OC. The molecule has 2 aromatic carbocycles. The van der Waals surface area contributed by atoms with Gasteiger partial charge in [0.15, 0.2) is 0 Å². The van der Waals surface area contributed by atoms with Crippen molar-refractivity contribution in [3.63, 3.8) is 0 Å². The molecule has 0 saturated heterocycles. The van der Waals surface area contributed by atoms with Crippen LogP contribution in [0.1, 0.15) is 6.92 Å². The number of halogens is 3. The molecule has 146 valence electrons. The van der Waals surface area contributed by atoms with Gasteiger partial charge in [-0.3, -0.25) is 4.79 Å². The number of rotatable bonds is 7. The van der Waals surface area contributed by atoms with Crippen LogP contribution in [-0.4, -0.2) is 38.8 Å². The first-order valence-corrected chi connectivity index (χ1v) is 9.97. The number of hydrogen-bond donors (Lipinski definition) is 1. The van der Waals surface area contributed by atoms with Crippen molar-refractivity contribution in [1.82, 2.24) is 4.31 Å². The van der Waals surface area contributed by atoms with Crippen molar-refractivity contribution in [2.45, 2.75) is 11.8 Å². The molecule has 0 heterocycles. The van der Waals surface area contributed by atoms with E-state index in [1.54, 1.807) is 6.92 Å². The Kier molecular flexibility index (Phi) is 7.05. The predicted octanol–water partition coefficient (Wildman–Crippen LogP) is 3.79. The van der Waals surface area contributed by atoms with Crippen molar-refractivity contribution in [3.8, 4) is 5.75 Å². The molecule has 0 spiro atoms. The van der Waals surface area contributed by atoms with Gasteiger partial charge in [0.25, 0.3) is 0 Å². The Morgan fingerprint density at radius 1 is 1.19 bits per heavy atom. The minimum atomic E-state index is -4.16. The molecule has 1 amide bonds. The van der Waals surface area contributed by atoms with Gasteiger partial charge in [0, 0.05) is 12.2 Å². The number of sulfonamides is 1. The first kappa shape index (κ1) is 21.4. The number of carbonyl (C=O) groups excluding carboxylic acids is 1. The highest BCUT2D eigenvalue weighted by atomic mass is 35.5. The fourth-order valence-corrected chi connectivity index (χ4v) is 4.16. The van der Waals surface area contributed by atoms with Crippen molar-refractivity contribution in [3.05, 3.63) is 52.3 Å². The van der Waals surface area contributed by atoms with E-state index in [0.717, 1.165) is 16.4 Å². The standard InChI is InChI=1S/C17H17Cl2FN2O4S/c1-3-22(10-17(23)21-12-5-6-13(18)14(19)9-12)27(24,25)16-8-11(20)4-7-15(16)26-2/h4-9H,3,10H2,1-2H3,(H,21,23). The van der Waals surface area contributed by atoms with E-state index >= 15 is 0 Å². The van der Waals surface area contributed by atoms with Crippen LogP contribution in [0.15, 0.2) is 41.3 Å². The molecule has 0 atom stereocenters. The summed E-state index contributed by atoms with van der Waals surface area (Å²) in [5.41, 5.74) is 0.367. The zero-order valence-electron chi connectivity index (χ0n) is 14.5. The van der Waals surface area contributed by atoms with Crippen LogP contribution in [0.4, 0.5) is 10.1 Å². The van der Waals surface area contributed by atoms with Crippen molar-refractivity contribution >= 4 is 44.8 Å². The molecule has 27 heavy (non-hydrogen) atoms. The Bertz CT molecular complexity index is 954. The second kappa shape index (κ2) is 8.88. The minimum absolute atomic E-state index is 0.00318. The Balaban J connectivity index is 2.23. The average Bonchev–Trinajstić information content (AvgIpc) is 2.62. The second-order valence-corrected chi connectivity index (χ2v) is 8.12. The quantitative estimate of drug-likeness (QED) is 0.718. The molecule has 0 radical (unpaired) electrons. The van der Waals surface area contributed by atoms with Gasteiger partial charge < -0.3 is 10.1 Å². The van der Waals surface area contributed by atoms with E-state index in [-0.39, 0.29) is 22.2 Å². The lowest BCUT2D eigenvalue weighted by molar-refractivity contribution is -0.116. The molecule has 0 aliphatic rings. The van der Waals surface area contributed by atoms with Crippen LogP contribution in [0.25, 0.3) is 0 Å². The van der Waals surface area contributed by atoms with Crippen molar-refractivity contribution in [2.75, 3.05) is 25.5 Å². The third kappa shape index (κ3) is 5.10. The lowest BCUT2D eigenvalue weighted by Gasteiger charge is -2.21. The summed E-state index contributed by atoms with van der Waals surface area (Å²) in [6.45, 7) is 1.09. The van der Waals surface area contributed by atoms with Gasteiger partial charge in [0.05, 0.1) is 23.7 Å². The normalized spacial score (nSPS) is 11.5. The fraction of sp³-hybridized carbons (Fsp3) is 0.235. The Morgan fingerprint density at radius 3 is 2.48 bits per heavy atom. The number of benzene rings is 2. The van der Waals surface area contributed by atoms with Crippen LogP contribution in [-0.2, 0) is 14.8 Å². The van der Waals surface area contributed by atoms with Crippen molar-refractivity contribution in [1.29, 1.82) is 0 Å². The fourth-order valence-electron chi connectivity index (χ4n) is 2.29. The number of likely N-dealkylation sites (N-methyl/N-ethyl adjacent to an activating group) is 1. The van der Waals surface area contributed by atoms with Crippen molar-refractivity contribution in [2.24, 2.45) is 0 Å². The predicted molar refractivity (Wildman–Crippen MR) is 102 cm³/mol. The summed E-state index contributed by atoms with van der Waals surface area (Å²) in [4.78, 5) is 11.9. The van der Waals surface area contributed by atoms with Gasteiger partial charge in [-0.15, -0.1) is 0 Å². The summed E-state index contributed by atoms with van der Waals surface area (Å²) in [7, 11) is -2.88. The van der Waals surface area contributed by atoms with Gasteiger partial charge in [-0.05, 0) is 36.4 Å². The molecular formula is C17H17Cl2FN2O4S. The van der Waals surface area contributed by atoms with Crippen molar-refractivity contribution < 1.29 is 22.3 Å². The van der Waals surface area contributed by atoms with Gasteiger partial charge in [-0.1, -0.05) is 30.1 Å². The van der Waals surface area contributed by atoms with Gasteiger partial charge in [0.1, 0.15) is 16.5 Å². The number of hydrogen-bond acceptors (Lipinski definition) is 4. The molecule has 2 aromatic rings. The number of amides is 1. The summed E-state index contributed by atoms with van der Waals surface area (Å²) >= 11 is 11.7. The molecule has 0 saturated carbocycles. The van der Waals surface area contributed by atoms with Crippen LogP contribution < -0.4 is 10.1 Å². The molecule has 1 N–H and O–H groups in total. The zero-order chi connectivity index (χ0) is 20.2. The van der Waals surface area contributed by atoms with E-state index in [0.29, 0.717) is 10.7 Å². The molecule has 2 rings (SSSR count). The molecule has 6 nitrogen and oxygen atoms in total. The van der Waals surface area contributed by atoms with Crippen LogP contribution in [0.3, 0.4) is 0 Å². The topological polar surface area (TPSA) is 75.7 Å². The third-order valence-electron chi connectivity index (χ3n) is 3.62. The first-order chi connectivity index (χ1) is 12.7. The lowest BCUT2D eigenvalue weighted by Crippen LogP contribution is -2.38. The van der Waals surface area contributed by atoms with Gasteiger partial charge in [-0.25, -0.2) is 12.8 Å². The maximum absolute atomic E-state index is 13.6. The molecule has 0 aliphatic heterocycles. The van der Waals surface area contributed by atoms with Crippen LogP contribution in [0.2, 0.25) is 10.0 Å². The summed E-state index contributed by atoms with van der Waals surface area (Å²) in [6.07, 6.45) is 0. The Hall–Kier alpha value is -1.87. The zero-order valence-corrected chi connectivity index (χ0v) is 16.8. The number of ether oxygens (including phenoxy) is 1. The molecule has 0 aromatic heterocycles. The van der Waals surface area contributed by atoms with E-state index in [4.69, 9.17) is 27.9 Å². The highest BCUT2D eigenvalue weighted by molar-refractivity contribution is 7.89. The Labute approximate surface area is 166 Å². The van der Waals surface area contributed by atoms with Crippen LogP contribution >= 0.6 is 23.2 Å².